The van der Waals surface area contributed by atoms with Crippen molar-refractivity contribution in [2.24, 2.45) is 0 Å². The van der Waals surface area contributed by atoms with Crippen LogP contribution in [-0.2, 0) is 0 Å². The number of nitrogens with one attached hydrogen (secondary N) is 1. The summed E-state index contributed by atoms with van der Waals surface area (Å²) in [4.78, 5) is 27.2. The van der Waals surface area contributed by atoms with Crippen molar-refractivity contribution in [3.05, 3.63) is 69.1 Å². The number of hydrogen-bond donors (Lipinski definition) is 1. The Morgan fingerprint density at radius 3 is 2.57 bits per heavy atom. The lowest BCUT2D eigenvalue weighted by molar-refractivity contribution is 0.418. The SMILES string of the molecule is COc1cccc2c(=O)n(-c3ccccc3F)c(=O)[nH]c12. The molecular formula is C15H11FN2O3. The predicted molar refractivity (Wildman–Crippen MR) is 76.7 cm³/mol. The number of hydrogen-bond acceptors (Lipinski definition) is 3. The summed E-state index contributed by atoms with van der Waals surface area (Å²) < 4.78 is 19.7. The van der Waals surface area contributed by atoms with E-state index in [1.165, 1.54) is 25.3 Å². The molecule has 2 aromatic carbocycles. The van der Waals surface area contributed by atoms with E-state index < -0.39 is 17.1 Å². The second kappa shape index (κ2) is 4.90. The highest BCUT2D eigenvalue weighted by Crippen LogP contribution is 2.20. The molecule has 21 heavy (non-hydrogen) atoms. The van der Waals surface area contributed by atoms with Crippen LogP contribution in [0.4, 0.5) is 4.39 Å². The Morgan fingerprint density at radius 2 is 1.86 bits per heavy atom. The van der Waals surface area contributed by atoms with Gasteiger partial charge in [0.25, 0.3) is 5.56 Å². The minimum atomic E-state index is -0.720. The Morgan fingerprint density at radius 1 is 1.10 bits per heavy atom. The maximum atomic E-state index is 13.8. The number of methoxy groups -OCH3 is 1. The zero-order chi connectivity index (χ0) is 15.0. The Balaban J connectivity index is 2.45. The molecule has 0 spiro atoms. The summed E-state index contributed by atoms with van der Waals surface area (Å²) in [7, 11) is 1.44. The van der Waals surface area contributed by atoms with Crippen molar-refractivity contribution in [1.82, 2.24) is 9.55 Å². The van der Waals surface area contributed by atoms with Crippen LogP contribution in [0.5, 0.6) is 5.75 Å². The van der Waals surface area contributed by atoms with Crippen LogP contribution in [0.15, 0.2) is 52.1 Å². The van der Waals surface area contributed by atoms with Crippen molar-refractivity contribution in [1.29, 1.82) is 0 Å². The number of H-pyrrole nitrogens is 1. The summed E-state index contributed by atoms with van der Waals surface area (Å²) >= 11 is 0. The third kappa shape index (κ3) is 2.01. The first-order valence-electron chi connectivity index (χ1n) is 6.20. The van der Waals surface area contributed by atoms with Crippen molar-refractivity contribution < 1.29 is 9.13 Å². The smallest absolute Gasteiger partial charge is 0.333 e. The molecule has 0 atom stereocenters. The molecule has 5 nitrogen and oxygen atoms in total. The Hall–Kier alpha value is -2.89. The fourth-order valence-corrected chi connectivity index (χ4v) is 2.24. The number of nitrogens with zero attached hydrogens (tertiary/aromatic N) is 1. The Labute approximate surface area is 118 Å². The summed E-state index contributed by atoms with van der Waals surface area (Å²) in [5, 5.41) is 0.247. The molecule has 0 radical (unpaired) electrons. The van der Waals surface area contributed by atoms with Crippen molar-refractivity contribution >= 4 is 10.9 Å². The second-order valence-electron chi connectivity index (χ2n) is 4.40. The summed E-state index contributed by atoms with van der Waals surface area (Å²) in [6.45, 7) is 0. The van der Waals surface area contributed by atoms with E-state index in [-0.39, 0.29) is 11.1 Å². The fourth-order valence-electron chi connectivity index (χ4n) is 2.24. The normalized spacial score (nSPS) is 10.8. The lowest BCUT2D eigenvalue weighted by atomic mass is 10.2. The molecule has 0 aliphatic rings. The van der Waals surface area contributed by atoms with Crippen LogP contribution < -0.4 is 16.0 Å². The molecule has 0 saturated heterocycles. The zero-order valence-corrected chi connectivity index (χ0v) is 11.1. The van der Waals surface area contributed by atoms with Crippen LogP contribution in [0, 0.1) is 5.82 Å². The van der Waals surface area contributed by atoms with Crippen molar-refractivity contribution in [2.75, 3.05) is 7.11 Å². The average molecular weight is 286 g/mol. The third-order valence-corrected chi connectivity index (χ3v) is 3.21. The molecule has 6 heteroatoms. The number of rotatable bonds is 2. The summed E-state index contributed by atoms with van der Waals surface area (Å²) in [6.07, 6.45) is 0. The van der Waals surface area contributed by atoms with E-state index in [4.69, 9.17) is 4.74 Å². The van der Waals surface area contributed by atoms with Gasteiger partial charge in [0.2, 0.25) is 0 Å². The van der Waals surface area contributed by atoms with Gasteiger partial charge in [-0.05, 0) is 24.3 Å². The van der Waals surface area contributed by atoms with E-state index in [1.807, 2.05) is 0 Å². The summed E-state index contributed by atoms with van der Waals surface area (Å²) in [5.41, 5.74) is -1.11. The number of halogens is 1. The molecule has 0 amide bonds. The minimum absolute atomic E-state index is 0.0894. The first-order valence-corrected chi connectivity index (χ1v) is 6.20. The Kier molecular flexibility index (Phi) is 3.06. The van der Waals surface area contributed by atoms with Gasteiger partial charge in [0, 0.05) is 0 Å². The highest BCUT2D eigenvalue weighted by molar-refractivity contribution is 5.83. The lowest BCUT2D eigenvalue weighted by Crippen LogP contribution is -2.34. The van der Waals surface area contributed by atoms with Crippen molar-refractivity contribution in [3.8, 4) is 11.4 Å². The Bertz CT molecular complexity index is 944. The van der Waals surface area contributed by atoms with E-state index in [0.717, 1.165) is 4.57 Å². The van der Waals surface area contributed by atoms with Crippen LogP contribution in [0.3, 0.4) is 0 Å². The highest BCUT2D eigenvalue weighted by Gasteiger charge is 2.14. The van der Waals surface area contributed by atoms with Crippen molar-refractivity contribution in [3.63, 3.8) is 0 Å². The topological polar surface area (TPSA) is 64.1 Å². The highest BCUT2D eigenvalue weighted by atomic mass is 19.1. The quantitative estimate of drug-likeness (QED) is 0.781. The molecule has 106 valence electrons. The monoisotopic (exact) mass is 286 g/mol. The second-order valence-corrected chi connectivity index (χ2v) is 4.40. The van der Waals surface area contributed by atoms with Crippen LogP contribution in [-0.4, -0.2) is 16.7 Å². The number of ether oxygens (including phenoxy) is 1. The number of aromatic amines is 1. The van der Waals surface area contributed by atoms with Crippen LogP contribution in [0.25, 0.3) is 16.6 Å². The van der Waals surface area contributed by atoms with E-state index in [2.05, 4.69) is 4.98 Å². The van der Waals surface area contributed by atoms with Gasteiger partial charge in [-0.2, -0.15) is 0 Å². The van der Waals surface area contributed by atoms with Gasteiger partial charge in [-0.25, -0.2) is 13.8 Å². The van der Waals surface area contributed by atoms with Gasteiger partial charge in [-0.15, -0.1) is 0 Å². The third-order valence-electron chi connectivity index (χ3n) is 3.21. The van der Waals surface area contributed by atoms with Gasteiger partial charge in [-0.1, -0.05) is 18.2 Å². The number of fused-ring (bicyclic) bond motifs is 1. The minimum Gasteiger partial charge on any atom is -0.495 e. The number of aromatic nitrogens is 2. The maximum Gasteiger partial charge on any atom is 0.333 e. The molecule has 3 aromatic rings. The van der Waals surface area contributed by atoms with Gasteiger partial charge in [0.05, 0.1) is 23.7 Å². The summed E-state index contributed by atoms with van der Waals surface area (Å²) in [6, 6.07) is 10.4. The average Bonchev–Trinajstić information content (AvgIpc) is 2.48. The van der Waals surface area contributed by atoms with E-state index in [1.54, 1.807) is 24.3 Å². The van der Waals surface area contributed by atoms with Gasteiger partial charge < -0.3 is 9.72 Å². The summed E-state index contributed by atoms with van der Waals surface area (Å²) in [5.74, 6) is -0.269. The molecular weight excluding hydrogens is 275 g/mol. The fraction of sp³-hybridized carbons (Fsp3) is 0.0667. The lowest BCUT2D eigenvalue weighted by Gasteiger charge is -2.09. The largest absolute Gasteiger partial charge is 0.495 e. The van der Waals surface area contributed by atoms with Gasteiger partial charge >= 0.3 is 5.69 Å². The molecule has 1 N–H and O–H groups in total. The number of benzene rings is 2. The van der Waals surface area contributed by atoms with Gasteiger partial charge in [0.1, 0.15) is 11.6 Å². The van der Waals surface area contributed by atoms with Crippen LogP contribution in [0.1, 0.15) is 0 Å². The van der Waals surface area contributed by atoms with E-state index >= 15 is 0 Å². The molecule has 0 fully saturated rings. The molecule has 3 rings (SSSR count). The van der Waals surface area contributed by atoms with Gasteiger partial charge in [0.15, 0.2) is 0 Å². The molecule has 1 heterocycles. The molecule has 0 bridgehead atoms. The first kappa shape index (κ1) is 13.1. The first-order chi connectivity index (χ1) is 10.1. The molecule has 0 aliphatic carbocycles. The molecule has 0 aliphatic heterocycles. The van der Waals surface area contributed by atoms with E-state index in [0.29, 0.717) is 11.3 Å². The number of para-hydroxylation sites is 2. The zero-order valence-electron chi connectivity index (χ0n) is 11.1. The molecule has 0 saturated carbocycles. The van der Waals surface area contributed by atoms with Crippen molar-refractivity contribution in [2.45, 2.75) is 0 Å². The molecule has 0 unspecified atom stereocenters. The maximum absolute atomic E-state index is 13.8. The predicted octanol–water partition coefficient (Wildman–Crippen LogP) is 1.83. The van der Waals surface area contributed by atoms with Crippen LogP contribution >= 0.6 is 0 Å². The van der Waals surface area contributed by atoms with Crippen LogP contribution in [0.2, 0.25) is 0 Å². The van der Waals surface area contributed by atoms with E-state index in [9.17, 15) is 14.0 Å². The standard InChI is InChI=1S/C15H11FN2O3/c1-21-12-8-4-5-9-13(12)17-15(20)18(14(9)19)11-7-3-2-6-10(11)16/h2-8H,1H3,(H,17,20). The van der Waals surface area contributed by atoms with Gasteiger partial charge in [-0.3, -0.25) is 4.79 Å². The molecule has 1 aromatic heterocycles.